The molecule has 0 bridgehead atoms. The van der Waals surface area contributed by atoms with Gasteiger partial charge in [0.15, 0.2) is 0 Å². The predicted octanol–water partition coefficient (Wildman–Crippen LogP) is 1.74. The molecule has 1 aromatic heterocycles. The van der Waals surface area contributed by atoms with Gasteiger partial charge in [0, 0.05) is 12.2 Å². The number of rotatable bonds is 4. The van der Waals surface area contributed by atoms with Crippen LogP contribution in [-0.4, -0.2) is 58.8 Å². The van der Waals surface area contributed by atoms with Crippen molar-refractivity contribution in [1.82, 2.24) is 20.6 Å². The summed E-state index contributed by atoms with van der Waals surface area (Å²) < 4.78 is 11.9. The molecule has 0 unspecified atom stereocenters. The monoisotopic (exact) mass is 364 g/mol. The molecule has 3 fully saturated rings. The lowest BCUT2D eigenvalue weighted by atomic mass is 9.96. The zero-order valence-electron chi connectivity index (χ0n) is 14.1. The molecular formula is C17H24N4O3S. The van der Waals surface area contributed by atoms with Crippen LogP contribution in [0.3, 0.4) is 0 Å². The second-order valence-electron chi connectivity index (χ2n) is 6.86. The third-order valence-electron chi connectivity index (χ3n) is 5.09. The van der Waals surface area contributed by atoms with Crippen LogP contribution in [0.15, 0.2) is 23.6 Å². The number of hydrogen-bond donors (Lipinski definition) is 2. The van der Waals surface area contributed by atoms with E-state index in [-0.39, 0.29) is 29.5 Å². The highest BCUT2D eigenvalue weighted by Gasteiger charge is 2.48. The van der Waals surface area contributed by atoms with Crippen molar-refractivity contribution < 1.29 is 14.3 Å². The van der Waals surface area contributed by atoms with Gasteiger partial charge in [0.05, 0.1) is 29.5 Å². The summed E-state index contributed by atoms with van der Waals surface area (Å²) >= 11 is 1.65. The Balaban J connectivity index is 1.28. The van der Waals surface area contributed by atoms with Gasteiger partial charge >= 0.3 is 6.03 Å². The van der Waals surface area contributed by atoms with E-state index in [0.717, 1.165) is 17.9 Å². The van der Waals surface area contributed by atoms with E-state index in [9.17, 15) is 4.79 Å². The summed E-state index contributed by atoms with van der Waals surface area (Å²) in [5, 5.41) is 7.24. The van der Waals surface area contributed by atoms with Crippen LogP contribution in [0.4, 0.5) is 4.79 Å². The van der Waals surface area contributed by atoms with Gasteiger partial charge in [-0.05, 0) is 18.9 Å². The molecule has 0 spiro atoms. The number of urea groups is 1. The van der Waals surface area contributed by atoms with Crippen molar-refractivity contribution in [2.24, 2.45) is 0 Å². The predicted molar refractivity (Wildman–Crippen MR) is 93.5 cm³/mol. The van der Waals surface area contributed by atoms with Gasteiger partial charge in [0.25, 0.3) is 0 Å². The molecule has 1 saturated carbocycles. The van der Waals surface area contributed by atoms with Crippen molar-refractivity contribution in [2.45, 2.75) is 66.7 Å². The van der Waals surface area contributed by atoms with Crippen molar-refractivity contribution in [3.05, 3.63) is 18.6 Å². The van der Waals surface area contributed by atoms with Gasteiger partial charge in [-0.1, -0.05) is 31.0 Å². The summed E-state index contributed by atoms with van der Waals surface area (Å²) in [4.78, 5) is 20.5. The molecule has 3 heterocycles. The minimum atomic E-state index is -0.100. The Bertz CT molecular complexity index is 585. The topological polar surface area (TPSA) is 85.4 Å². The molecule has 25 heavy (non-hydrogen) atoms. The third-order valence-corrected chi connectivity index (χ3v) is 6.28. The first-order chi connectivity index (χ1) is 12.3. The van der Waals surface area contributed by atoms with Crippen molar-refractivity contribution in [1.29, 1.82) is 0 Å². The van der Waals surface area contributed by atoms with Crippen molar-refractivity contribution in [2.75, 3.05) is 13.2 Å². The van der Waals surface area contributed by atoms with Gasteiger partial charge < -0.3 is 20.1 Å². The number of nitrogens with one attached hydrogen (secondary N) is 2. The van der Waals surface area contributed by atoms with Gasteiger partial charge in [-0.2, -0.15) is 0 Å². The number of carbonyl (C=O) groups excluding carboxylic acids is 1. The minimum absolute atomic E-state index is 0.0139. The van der Waals surface area contributed by atoms with Crippen molar-refractivity contribution in [3.63, 3.8) is 0 Å². The number of carbonyl (C=O) groups is 1. The summed E-state index contributed by atoms with van der Waals surface area (Å²) in [5.41, 5.74) is 0. The van der Waals surface area contributed by atoms with Crippen LogP contribution in [0.2, 0.25) is 0 Å². The maximum absolute atomic E-state index is 12.3. The molecule has 2 N–H and O–H groups in total. The summed E-state index contributed by atoms with van der Waals surface area (Å²) in [6.45, 7) is 1.10. The Morgan fingerprint density at radius 1 is 1.12 bits per heavy atom. The fraction of sp³-hybridized carbons (Fsp3) is 0.706. The molecule has 2 saturated heterocycles. The third kappa shape index (κ3) is 4.07. The maximum Gasteiger partial charge on any atom is 0.315 e. The highest BCUT2D eigenvalue weighted by atomic mass is 32.2. The normalized spacial score (nSPS) is 32.3. The highest BCUT2D eigenvalue weighted by Crippen LogP contribution is 2.36. The van der Waals surface area contributed by atoms with E-state index >= 15 is 0 Å². The molecule has 1 aromatic rings. The molecule has 0 radical (unpaired) electrons. The average Bonchev–Trinajstić information content (AvgIpc) is 3.21. The second kappa shape index (κ2) is 7.88. The maximum atomic E-state index is 12.3. The van der Waals surface area contributed by atoms with Crippen molar-refractivity contribution in [3.8, 4) is 0 Å². The first-order valence-corrected chi connectivity index (χ1v) is 9.90. The molecular weight excluding hydrogens is 340 g/mol. The number of amides is 2. The Labute approximate surface area is 151 Å². The quantitative estimate of drug-likeness (QED) is 0.792. The highest BCUT2D eigenvalue weighted by molar-refractivity contribution is 8.00. The Hall–Kier alpha value is -1.38. The first-order valence-electron chi connectivity index (χ1n) is 9.02. The lowest BCUT2D eigenvalue weighted by molar-refractivity contribution is 0.0693. The Morgan fingerprint density at radius 3 is 2.76 bits per heavy atom. The van der Waals surface area contributed by atoms with Crippen LogP contribution in [0.25, 0.3) is 0 Å². The second-order valence-corrected chi connectivity index (χ2v) is 8.12. The average molecular weight is 364 g/mol. The van der Waals surface area contributed by atoms with Crippen LogP contribution in [-0.2, 0) is 9.47 Å². The van der Waals surface area contributed by atoms with Crippen molar-refractivity contribution >= 4 is 17.8 Å². The Morgan fingerprint density at radius 2 is 1.96 bits per heavy atom. The summed E-state index contributed by atoms with van der Waals surface area (Å²) in [5.74, 6) is 0. The molecule has 7 nitrogen and oxygen atoms in total. The SMILES string of the molecule is O=C(NC1CCCCC1)N[C@H]1CO[C@H]2[C@@H]1OC[C@@H]2Sc1ccncn1. The lowest BCUT2D eigenvalue weighted by Gasteiger charge is -2.24. The molecule has 4 rings (SSSR count). The van der Waals surface area contributed by atoms with Gasteiger partial charge in [-0.25, -0.2) is 14.8 Å². The number of thioether (sulfide) groups is 1. The fourth-order valence-corrected chi connectivity index (χ4v) is 4.91. The number of fused-ring (bicyclic) bond motifs is 1. The molecule has 4 atom stereocenters. The standard InChI is InChI=1S/C17H24N4O3S/c22-17(20-11-4-2-1-3-5-11)21-12-8-23-16-13(9-24-15(12)16)25-14-6-7-18-10-19-14/h6-7,10-13,15-16H,1-5,8-9H2,(H2,20,21,22)/t12-,13-,15+,16+/m0/s1. The van der Waals surface area contributed by atoms with Gasteiger partial charge in [-0.3, -0.25) is 0 Å². The summed E-state index contributed by atoms with van der Waals surface area (Å²) in [6, 6.07) is 2.00. The first kappa shape index (κ1) is 17.1. The minimum Gasteiger partial charge on any atom is -0.372 e. The number of ether oxygens (including phenoxy) is 2. The van der Waals surface area contributed by atoms with Gasteiger partial charge in [0.2, 0.25) is 0 Å². The number of aromatic nitrogens is 2. The lowest BCUT2D eigenvalue weighted by Crippen LogP contribution is -2.51. The van der Waals surface area contributed by atoms with Crippen LogP contribution in [0.1, 0.15) is 32.1 Å². The van der Waals surface area contributed by atoms with E-state index in [1.807, 2.05) is 6.07 Å². The van der Waals surface area contributed by atoms with E-state index in [4.69, 9.17) is 9.47 Å². The van der Waals surface area contributed by atoms with E-state index in [1.54, 1.807) is 24.3 Å². The Kier molecular flexibility index (Phi) is 5.38. The molecule has 8 heteroatoms. The number of nitrogens with zero attached hydrogens (tertiary/aromatic N) is 2. The molecule has 0 aromatic carbocycles. The van der Waals surface area contributed by atoms with Crippen LogP contribution < -0.4 is 10.6 Å². The van der Waals surface area contributed by atoms with E-state index in [0.29, 0.717) is 19.3 Å². The fourth-order valence-electron chi connectivity index (χ4n) is 3.83. The zero-order chi connectivity index (χ0) is 17.1. The molecule has 1 aliphatic carbocycles. The molecule has 3 aliphatic rings. The largest absolute Gasteiger partial charge is 0.372 e. The van der Waals surface area contributed by atoms with E-state index < -0.39 is 0 Å². The smallest absolute Gasteiger partial charge is 0.315 e. The number of hydrogen-bond acceptors (Lipinski definition) is 6. The summed E-state index contributed by atoms with van der Waals surface area (Å²) in [6.07, 6.45) is 9.02. The van der Waals surface area contributed by atoms with Crippen LogP contribution in [0.5, 0.6) is 0 Å². The van der Waals surface area contributed by atoms with E-state index in [1.165, 1.54) is 19.3 Å². The van der Waals surface area contributed by atoms with E-state index in [2.05, 4.69) is 20.6 Å². The van der Waals surface area contributed by atoms with Gasteiger partial charge in [0.1, 0.15) is 18.5 Å². The molecule has 2 aliphatic heterocycles. The van der Waals surface area contributed by atoms with Gasteiger partial charge in [-0.15, -0.1) is 0 Å². The van der Waals surface area contributed by atoms with Crippen LogP contribution >= 0.6 is 11.8 Å². The molecule has 2 amide bonds. The zero-order valence-corrected chi connectivity index (χ0v) is 14.9. The van der Waals surface area contributed by atoms with Crippen LogP contribution in [0, 0.1) is 0 Å². The summed E-state index contributed by atoms with van der Waals surface area (Å²) in [7, 11) is 0. The molecule has 136 valence electrons.